The molecule has 1 aliphatic rings. The van der Waals surface area contributed by atoms with E-state index in [0.717, 1.165) is 16.3 Å². The van der Waals surface area contributed by atoms with Gasteiger partial charge in [-0.2, -0.15) is 0 Å². The molecule has 0 fully saturated rings. The highest BCUT2D eigenvalue weighted by Gasteiger charge is 2.16. The Morgan fingerprint density at radius 2 is 1.89 bits per heavy atom. The van der Waals surface area contributed by atoms with Crippen molar-refractivity contribution >= 4 is 29.2 Å². The number of rotatable bonds is 6. The molecule has 3 rings (SSSR count). The molecule has 0 aliphatic carbocycles. The lowest BCUT2D eigenvalue weighted by Crippen LogP contribution is -2.42. The number of anilines is 2. The molecule has 0 aromatic heterocycles. The van der Waals surface area contributed by atoms with Crippen LogP contribution in [0, 0.1) is 0 Å². The lowest BCUT2D eigenvalue weighted by Gasteiger charge is -2.27. The molecular weight excluding hydrogens is 358 g/mol. The molecule has 7 heteroatoms. The summed E-state index contributed by atoms with van der Waals surface area (Å²) in [6, 6.07) is 17.9. The topological polar surface area (TPSA) is 87.6 Å². The highest BCUT2D eigenvalue weighted by atomic mass is 32.2. The van der Waals surface area contributed by atoms with Gasteiger partial charge in [0.15, 0.2) is 0 Å². The van der Waals surface area contributed by atoms with Gasteiger partial charge in [0.2, 0.25) is 0 Å². The first-order valence-corrected chi connectivity index (χ1v) is 9.34. The van der Waals surface area contributed by atoms with E-state index in [-0.39, 0.29) is 18.7 Å². The smallest absolute Gasteiger partial charge is 0.257 e. The highest BCUT2D eigenvalue weighted by Crippen LogP contribution is 2.28. The van der Waals surface area contributed by atoms with Gasteiger partial charge in [0.25, 0.3) is 5.91 Å². The Balaban J connectivity index is 1.61. The third-order valence-electron chi connectivity index (χ3n) is 4.11. The van der Waals surface area contributed by atoms with Crippen LogP contribution in [0.25, 0.3) is 0 Å². The van der Waals surface area contributed by atoms with Gasteiger partial charge in [0, 0.05) is 29.5 Å². The Kier molecular flexibility index (Phi) is 6.18. The molecule has 5 N–H and O–H groups in total. The fraction of sp³-hybridized carbons (Fsp3) is 0.150. The summed E-state index contributed by atoms with van der Waals surface area (Å²) >= 11 is 1.62. The fourth-order valence-electron chi connectivity index (χ4n) is 2.58. The van der Waals surface area contributed by atoms with Crippen LogP contribution in [0.1, 0.15) is 0 Å². The van der Waals surface area contributed by atoms with Crippen LogP contribution >= 0.6 is 11.9 Å². The second-order valence-corrected chi connectivity index (χ2v) is 7.24. The number of benzene rings is 2. The standard InChI is InChI=1S/C20H23N5OS/c1-24(17-5-3-2-4-6-17)27-18-10-8-16(9-11-18)23-20(26)15-7-12-19(22)25(13-15)14-21/h2-13,19H,14,21-22H2,1H3,(H,23,26). The van der Waals surface area contributed by atoms with E-state index < -0.39 is 0 Å². The minimum atomic E-state index is -0.301. The van der Waals surface area contributed by atoms with Gasteiger partial charge < -0.3 is 26.0 Å². The summed E-state index contributed by atoms with van der Waals surface area (Å²) in [5.41, 5.74) is 13.9. The van der Waals surface area contributed by atoms with Gasteiger partial charge >= 0.3 is 0 Å². The Labute approximate surface area is 163 Å². The van der Waals surface area contributed by atoms with E-state index in [9.17, 15) is 4.79 Å². The highest BCUT2D eigenvalue weighted by molar-refractivity contribution is 8.00. The number of nitrogens with one attached hydrogen (secondary N) is 1. The van der Waals surface area contributed by atoms with Crippen molar-refractivity contribution in [1.29, 1.82) is 0 Å². The molecule has 1 amide bonds. The summed E-state index contributed by atoms with van der Waals surface area (Å²) in [4.78, 5) is 15.2. The number of nitrogens with two attached hydrogens (primary N) is 2. The lowest BCUT2D eigenvalue weighted by molar-refractivity contribution is -0.112. The number of para-hydroxylation sites is 1. The summed E-state index contributed by atoms with van der Waals surface area (Å²) in [5.74, 6) is -0.196. The van der Waals surface area contributed by atoms with Crippen LogP contribution in [0.5, 0.6) is 0 Å². The maximum Gasteiger partial charge on any atom is 0.257 e. The van der Waals surface area contributed by atoms with Crippen molar-refractivity contribution < 1.29 is 4.79 Å². The fourth-order valence-corrected chi connectivity index (χ4v) is 3.38. The molecule has 6 nitrogen and oxygen atoms in total. The first kappa shape index (κ1) is 19.0. The zero-order valence-corrected chi connectivity index (χ0v) is 15.9. The molecule has 0 spiro atoms. The Morgan fingerprint density at radius 1 is 1.19 bits per heavy atom. The number of amides is 1. The molecule has 140 valence electrons. The molecule has 2 aromatic rings. The van der Waals surface area contributed by atoms with Gasteiger partial charge in [-0.25, -0.2) is 0 Å². The predicted octanol–water partition coefficient (Wildman–Crippen LogP) is 2.73. The van der Waals surface area contributed by atoms with Crippen LogP contribution in [-0.2, 0) is 4.79 Å². The molecule has 0 bridgehead atoms. The molecule has 2 aromatic carbocycles. The minimum Gasteiger partial charge on any atom is -0.346 e. The third kappa shape index (κ3) is 4.91. The van der Waals surface area contributed by atoms with E-state index in [4.69, 9.17) is 11.5 Å². The van der Waals surface area contributed by atoms with Crippen LogP contribution in [0.15, 0.2) is 83.4 Å². The van der Waals surface area contributed by atoms with Crippen molar-refractivity contribution in [3.8, 4) is 0 Å². The summed E-state index contributed by atoms with van der Waals surface area (Å²) in [6.07, 6.45) is 4.84. The minimum absolute atomic E-state index is 0.196. The molecule has 0 saturated heterocycles. The zero-order valence-electron chi connectivity index (χ0n) is 15.1. The SMILES string of the molecule is CN(Sc1ccc(NC(=O)C2=CN(CN)C(N)C=C2)cc1)c1ccccc1. The van der Waals surface area contributed by atoms with Crippen molar-refractivity contribution in [3.63, 3.8) is 0 Å². The molecule has 0 radical (unpaired) electrons. The van der Waals surface area contributed by atoms with Crippen molar-refractivity contribution in [1.82, 2.24) is 4.90 Å². The van der Waals surface area contributed by atoms with E-state index in [1.807, 2.05) is 49.5 Å². The first-order valence-electron chi connectivity index (χ1n) is 8.56. The Bertz CT molecular complexity index is 835. The normalized spacial score (nSPS) is 16.0. The number of carbonyl (C=O) groups is 1. The number of hydrogen-bond acceptors (Lipinski definition) is 6. The number of carbonyl (C=O) groups excluding carboxylic acids is 1. The number of hydrogen-bond donors (Lipinski definition) is 3. The summed E-state index contributed by atoms with van der Waals surface area (Å²) in [5, 5.41) is 2.89. The van der Waals surface area contributed by atoms with Crippen LogP contribution < -0.4 is 21.1 Å². The summed E-state index contributed by atoms with van der Waals surface area (Å²) < 4.78 is 2.09. The first-order chi connectivity index (χ1) is 13.1. The Morgan fingerprint density at radius 3 is 2.56 bits per heavy atom. The average molecular weight is 382 g/mol. The number of nitrogens with zero attached hydrogens (tertiary/aromatic N) is 2. The molecule has 1 heterocycles. The van der Waals surface area contributed by atoms with Gasteiger partial charge in [-0.05, 0) is 60.5 Å². The average Bonchev–Trinajstić information content (AvgIpc) is 2.70. The maximum atomic E-state index is 12.4. The monoisotopic (exact) mass is 381 g/mol. The van der Waals surface area contributed by atoms with Crippen LogP contribution in [0.3, 0.4) is 0 Å². The third-order valence-corrected chi connectivity index (χ3v) is 5.08. The van der Waals surface area contributed by atoms with Gasteiger partial charge in [-0.15, -0.1) is 0 Å². The summed E-state index contributed by atoms with van der Waals surface area (Å²) in [6.45, 7) is 0.253. The zero-order chi connectivity index (χ0) is 19.2. The lowest BCUT2D eigenvalue weighted by atomic mass is 10.1. The van der Waals surface area contributed by atoms with Gasteiger partial charge in [-0.1, -0.05) is 18.2 Å². The van der Waals surface area contributed by atoms with Crippen LogP contribution in [0.2, 0.25) is 0 Å². The van der Waals surface area contributed by atoms with Crippen LogP contribution in [0.4, 0.5) is 11.4 Å². The van der Waals surface area contributed by atoms with E-state index >= 15 is 0 Å². The second kappa shape index (κ2) is 8.77. The largest absolute Gasteiger partial charge is 0.346 e. The van der Waals surface area contributed by atoms with Gasteiger partial charge in [0.1, 0.15) is 0 Å². The molecule has 27 heavy (non-hydrogen) atoms. The molecule has 1 atom stereocenters. The van der Waals surface area contributed by atoms with Crippen molar-refractivity contribution in [2.75, 3.05) is 23.3 Å². The van der Waals surface area contributed by atoms with Crippen molar-refractivity contribution in [3.05, 3.63) is 78.5 Å². The molecular formula is C20H23N5OS. The van der Waals surface area contributed by atoms with Crippen molar-refractivity contribution in [2.45, 2.75) is 11.1 Å². The summed E-state index contributed by atoms with van der Waals surface area (Å²) in [7, 11) is 2.02. The van der Waals surface area contributed by atoms with Gasteiger partial charge in [-0.3, -0.25) is 4.79 Å². The van der Waals surface area contributed by atoms with Crippen molar-refractivity contribution in [2.24, 2.45) is 11.5 Å². The molecule has 1 aliphatic heterocycles. The van der Waals surface area contributed by atoms with Gasteiger partial charge in [0.05, 0.1) is 18.4 Å². The molecule has 0 saturated carbocycles. The Hall–Kier alpha value is -2.74. The predicted molar refractivity (Wildman–Crippen MR) is 112 cm³/mol. The van der Waals surface area contributed by atoms with Crippen LogP contribution in [-0.4, -0.2) is 30.7 Å². The van der Waals surface area contributed by atoms with E-state index in [2.05, 4.69) is 21.8 Å². The van der Waals surface area contributed by atoms with E-state index in [1.54, 1.807) is 35.2 Å². The quantitative estimate of drug-likeness (QED) is 0.667. The molecule has 1 unspecified atom stereocenters. The maximum absolute atomic E-state index is 12.4. The van der Waals surface area contributed by atoms with E-state index in [0.29, 0.717) is 5.57 Å². The van der Waals surface area contributed by atoms with E-state index in [1.165, 1.54) is 0 Å². The second-order valence-electron chi connectivity index (χ2n) is 6.03.